The molecule has 3 rings (SSSR count). The Kier molecular flexibility index (Phi) is 5.65. The van der Waals surface area contributed by atoms with Crippen LogP contribution in [0.2, 0.25) is 0 Å². The van der Waals surface area contributed by atoms with Gasteiger partial charge in [-0.3, -0.25) is 4.98 Å². The fourth-order valence-electron chi connectivity index (χ4n) is 3.05. The van der Waals surface area contributed by atoms with Crippen LogP contribution in [0.1, 0.15) is 37.8 Å². The summed E-state index contributed by atoms with van der Waals surface area (Å²) in [7, 11) is 0. The van der Waals surface area contributed by atoms with E-state index >= 15 is 0 Å². The second-order valence-electron chi connectivity index (χ2n) is 5.94. The van der Waals surface area contributed by atoms with Crippen LogP contribution in [0, 0.1) is 17.2 Å². The zero-order valence-electron chi connectivity index (χ0n) is 13.1. The van der Waals surface area contributed by atoms with Crippen molar-refractivity contribution in [2.45, 2.75) is 55.5 Å². The third-order valence-electron chi connectivity index (χ3n) is 4.35. The Hall–Kier alpha value is -1.87. The van der Waals surface area contributed by atoms with Gasteiger partial charge in [-0.2, -0.15) is 5.26 Å². The first kappa shape index (κ1) is 16.0. The lowest BCUT2D eigenvalue weighted by Crippen LogP contribution is -2.19. The quantitative estimate of drug-likeness (QED) is 0.760. The summed E-state index contributed by atoms with van der Waals surface area (Å²) in [4.78, 5) is 4.35. The molecule has 120 valence electrons. The first-order chi connectivity index (χ1) is 11.4. The van der Waals surface area contributed by atoms with Crippen LogP contribution in [-0.4, -0.2) is 25.0 Å². The average Bonchev–Trinajstić information content (AvgIpc) is 3.06. The van der Waals surface area contributed by atoms with Crippen molar-refractivity contribution in [3.63, 3.8) is 0 Å². The number of aromatic nitrogens is 4. The maximum atomic E-state index is 9.54. The minimum absolute atomic E-state index is 0.0203. The number of aryl methyl sites for hydroxylation is 2. The summed E-state index contributed by atoms with van der Waals surface area (Å²) in [6.45, 7) is 0.787. The third-order valence-corrected chi connectivity index (χ3v) is 5.62. The second kappa shape index (κ2) is 8.11. The minimum atomic E-state index is -0.0203. The first-order valence-corrected chi connectivity index (χ1v) is 9.09. The van der Waals surface area contributed by atoms with Crippen LogP contribution in [0.25, 0.3) is 0 Å². The van der Waals surface area contributed by atoms with Crippen molar-refractivity contribution in [3.05, 3.63) is 36.4 Å². The molecular weight excluding hydrogens is 306 g/mol. The van der Waals surface area contributed by atoms with Crippen molar-refractivity contribution in [2.75, 3.05) is 0 Å². The van der Waals surface area contributed by atoms with Gasteiger partial charge < -0.3 is 4.57 Å². The molecule has 2 aromatic rings. The van der Waals surface area contributed by atoms with Crippen LogP contribution in [0.15, 0.2) is 35.9 Å². The van der Waals surface area contributed by atoms with Crippen molar-refractivity contribution >= 4 is 11.8 Å². The molecule has 6 heteroatoms. The highest BCUT2D eigenvalue weighted by Crippen LogP contribution is 2.35. The van der Waals surface area contributed by atoms with Crippen LogP contribution in [0.3, 0.4) is 0 Å². The number of thioether (sulfide) groups is 1. The molecule has 1 atom stereocenters. The summed E-state index contributed by atoms with van der Waals surface area (Å²) in [6, 6.07) is 8.43. The summed E-state index contributed by atoms with van der Waals surface area (Å²) < 4.78 is 2.03. The molecule has 1 aliphatic rings. The largest absolute Gasteiger partial charge is 0.308 e. The first-order valence-electron chi connectivity index (χ1n) is 8.21. The summed E-state index contributed by atoms with van der Waals surface area (Å²) in [5.74, 6) is 0.486. The van der Waals surface area contributed by atoms with Gasteiger partial charge in [0.05, 0.1) is 6.07 Å². The number of hydrogen-bond acceptors (Lipinski definition) is 5. The summed E-state index contributed by atoms with van der Waals surface area (Å²) in [5, 5.41) is 18.6. The van der Waals surface area contributed by atoms with Crippen molar-refractivity contribution in [1.29, 1.82) is 5.26 Å². The van der Waals surface area contributed by atoms with E-state index in [-0.39, 0.29) is 5.25 Å². The predicted octanol–water partition coefficient (Wildman–Crippen LogP) is 3.48. The fraction of sp³-hybridized carbons (Fsp3) is 0.529. The topological polar surface area (TPSA) is 67.4 Å². The van der Waals surface area contributed by atoms with E-state index < -0.39 is 0 Å². The maximum Gasteiger partial charge on any atom is 0.192 e. The molecule has 0 unspecified atom stereocenters. The lowest BCUT2D eigenvalue weighted by Gasteiger charge is -2.24. The summed E-state index contributed by atoms with van der Waals surface area (Å²) >= 11 is 1.57. The fourth-order valence-corrected chi connectivity index (χ4v) is 4.16. The predicted molar refractivity (Wildman–Crippen MR) is 89.8 cm³/mol. The van der Waals surface area contributed by atoms with Gasteiger partial charge in [-0.15, -0.1) is 10.2 Å². The maximum absolute atomic E-state index is 9.54. The van der Waals surface area contributed by atoms with E-state index in [0.717, 1.165) is 36.7 Å². The summed E-state index contributed by atoms with van der Waals surface area (Å²) in [5.41, 5.74) is 1.06. The standard InChI is InChI=1S/C17H21N5S/c18-12-16(14-6-2-1-3-7-14)23-17-21-20-13-22(17)11-9-15-8-4-5-10-19-15/h4-5,8,10,13-14,16H,1-3,6-7,9,11H2/t16-/m0/s1. The van der Waals surface area contributed by atoms with Crippen LogP contribution in [0.4, 0.5) is 0 Å². The molecule has 0 radical (unpaired) electrons. The van der Waals surface area contributed by atoms with Gasteiger partial charge in [-0.05, 0) is 30.9 Å². The molecule has 1 saturated carbocycles. The molecule has 1 aliphatic carbocycles. The van der Waals surface area contributed by atoms with E-state index in [9.17, 15) is 5.26 Å². The number of pyridine rings is 1. The van der Waals surface area contributed by atoms with Gasteiger partial charge >= 0.3 is 0 Å². The van der Waals surface area contributed by atoms with Gasteiger partial charge in [0, 0.05) is 24.9 Å². The Morgan fingerprint density at radius 3 is 2.91 bits per heavy atom. The van der Waals surface area contributed by atoms with Crippen LogP contribution in [-0.2, 0) is 13.0 Å². The average molecular weight is 327 g/mol. The van der Waals surface area contributed by atoms with Gasteiger partial charge in [-0.25, -0.2) is 0 Å². The molecule has 0 N–H and O–H groups in total. The molecule has 2 aromatic heterocycles. The van der Waals surface area contributed by atoms with E-state index in [1.165, 1.54) is 19.3 Å². The van der Waals surface area contributed by atoms with E-state index in [0.29, 0.717) is 5.92 Å². The Labute approximate surface area is 141 Å². The zero-order chi connectivity index (χ0) is 15.9. The number of nitriles is 1. The lowest BCUT2D eigenvalue weighted by molar-refractivity contribution is 0.369. The lowest BCUT2D eigenvalue weighted by atomic mass is 9.87. The van der Waals surface area contributed by atoms with Crippen LogP contribution < -0.4 is 0 Å². The molecular formula is C17H21N5S. The highest BCUT2D eigenvalue weighted by Gasteiger charge is 2.26. The van der Waals surface area contributed by atoms with E-state index in [4.69, 9.17) is 0 Å². The molecule has 0 aromatic carbocycles. The zero-order valence-corrected chi connectivity index (χ0v) is 14.0. The molecule has 5 nitrogen and oxygen atoms in total. The monoisotopic (exact) mass is 327 g/mol. The summed E-state index contributed by atoms with van der Waals surface area (Å²) in [6.07, 6.45) is 10.5. The van der Waals surface area contributed by atoms with Crippen LogP contribution >= 0.6 is 11.8 Å². The van der Waals surface area contributed by atoms with Crippen molar-refractivity contribution in [3.8, 4) is 6.07 Å². The molecule has 1 fully saturated rings. The molecule has 0 amide bonds. The SMILES string of the molecule is N#C[C@H](Sc1nncn1CCc1ccccn1)C1CCCCC1. The van der Waals surface area contributed by atoms with Gasteiger partial charge in [0.15, 0.2) is 5.16 Å². The molecule has 0 spiro atoms. The van der Waals surface area contributed by atoms with Crippen molar-refractivity contribution < 1.29 is 0 Å². The van der Waals surface area contributed by atoms with E-state index in [2.05, 4.69) is 21.3 Å². The van der Waals surface area contributed by atoms with Crippen molar-refractivity contribution in [1.82, 2.24) is 19.7 Å². The van der Waals surface area contributed by atoms with Gasteiger partial charge in [0.25, 0.3) is 0 Å². The van der Waals surface area contributed by atoms with E-state index in [1.54, 1.807) is 18.1 Å². The number of nitrogens with zero attached hydrogens (tertiary/aromatic N) is 5. The molecule has 0 bridgehead atoms. The normalized spacial score (nSPS) is 16.8. The molecule has 23 heavy (non-hydrogen) atoms. The van der Waals surface area contributed by atoms with Crippen LogP contribution in [0.5, 0.6) is 0 Å². The van der Waals surface area contributed by atoms with Gasteiger partial charge in [0.1, 0.15) is 11.6 Å². The number of rotatable bonds is 6. The molecule has 0 aliphatic heterocycles. The molecule has 0 saturated heterocycles. The second-order valence-corrected chi connectivity index (χ2v) is 7.05. The smallest absolute Gasteiger partial charge is 0.192 e. The van der Waals surface area contributed by atoms with Crippen molar-refractivity contribution in [2.24, 2.45) is 5.92 Å². The Balaban J connectivity index is 1.62. The highest BCUT2D eigenvalue weighted by molar-refractivity contribution is 8.00. The minimum Gasteiger partial charge on any atom is -0.308 e. The Morgan fingerprint density at radius 1 is 1.30 bits per heavy atom. The van der Waals surface area contributed by atoms with Gasteiger partial charge in [0.2, 0.25) is 0 Å². The Morgan fingerprint density at radius 2 is 2.17 bits per heavy atom. The van der Waals surface area contributed by atoms with E-state index in [1.807, 2.05) is 29.0 Å². The van der Waals surface area contributed by atoms with Gasteiger partial charge in [-0.1, -0.05) is 37.1 Å². The highest BCUT2D eigenvalue weighted by atomic mass is 32.2. The third kappa shape index (κ3) is 4.32. The molecule has 2 heterocycles. The number of hydrogen-bond donors (Lipinski definition) is 0. The Bertz CT molecular complexity index is 643.